The molecular formula is C24H27BrN20. The SMILES string of the molecule is Cc1nc2c(N)ncnc2n1C.Cn1c(Br)nc2c(N)ncnc21.Cn1cnc2c(N)ncnc21.Nc1ncnc2nc[nH]c12. The number of nitrogens with zero attached hydrogens (tertiary/aromatic N) is 15. The van der Waals surface area contributed by atoms with Crippen molar-refractivity contribution in [3.8, 4) is 0 Å². The van der Waals surface area contributed by atoms with Gasteiger partial charge >= 0.3 is 0 Å². The van der Waals surface area contributed by atoms with E-state index in [1.54, 1.807) is 15.5 Å². The van der Waals surface area contributed by atoms with E-state index in [4.69, 9.17) is 22.9 Å². The number of fused-ring (bicyclic) bond motifs is 4. The molecule has 230 valence electrons. The Labute approximate surface area is 261 Å². The van der Waals surface area contributed by atoms with Gasteiger partial charge in [-0.2, -0.15) is 0 Å². The molecule has 0 aromatic carbocycles. The molecule has 9 N–H and O–H groups in total. The Morgan fingerprint density at radius 3 is 1.71 bits per heavy atom. The zero-order valence-corrected chi connectivity index (χ0v) is 25.9. The van der Waals surface area contributed by atoms with Crippen molar-refractivity contribution in [2.24, 2.45) is 21.1 Å². The van der Waals surface area contributed by atoms with E-state index < -0.39 is 0 Å². The van der Waals surface area contributed by atoms with Crippen LogP contribution in [0.4, 0.5) is 23.3 Å². The van der Waals surface area contributed by atoms with Crippen molar-refractivity contribution in [3.05, 3.63) is 48.5 Å². The Morgan fingerprint density at radius 2 is 1.13 bits per heavy atom. The predicted molar refractivity (Wildman–Crippen MR) is 171 cm³/mol. The largest absolute Gasteiger partial charge is 0.382 e. The number of imidazole rings is 4. The second kappa shape index (κ2) is 12.6. The molecule has 0 saturated heterocycles. The highest BCUT2D eigenvalue weighted by atomic mass is 79.9. The van der Waals surface area contributed by atoms with Crippen LogP contribution >= 0.6 is 15.9 Å². The van der Waals surface area contributed by atoms with Crippen LogP contribution in [0, 0.1) is 6.92 Å². The summed E-state index contributed by atoms with van der Waals surface area (Å²) < 4.78 is 6.18. The smallest absolute Gasteiger partial charge is 0.182 e. The summed E-state index contributed by atoms with van der Waals surface area (Å²) in [6.07, 6.45) is 8.88. The number of aryl methyl sites for hydroxylation is 4. The first-order valence-corrected chi connectivity index (χ1v) is 13.6. The van der Waals surface area contributed by atoms with Crippen LogP contribution in [0.1, 0.15) is 5.82 Å². The van der Waals surface area contributed by atoms with Gasteiger partial charge in [0.15, 0.2) is 61.6 Å². The fourth-order valence-corrected chi connectivity index (χ4v) is 4.21. The van der Waals surface area contributed by atoms with Crippen LogP contribution in [0.25, 0.3) is 44.7 Å². The number of anilines is 4. The van der Waals surface area contributed by atoms with Crippen molar-refractivity contribution < 1.29 is 0 Å². The summed E-state index contributed by atoms with van der Waals surface area (Å²) in [5.74, 6) is 2.58. The Hall–Kier alpha value is -6.12. The van der Waals surface area contributed by atoms with Gasteiger partial charge in [-0.05, 0) is 22.9 Å². The second-order valence-electron chi connectivity index (χ2n) is 9.17. The Morgan fingerprint density at radius 1 is 0.600 bits per heavy atom. The van der Waals surface area contributed by atoms with Gasteiger partial charge in [0.05, 0.1) is 12.7 Å². The van der Waals surface area contributed by atoms with Crippen molar-refractivity contribution >= 4 is 83.9 Å². The molecule has 8 aromatic rings. The number of aromatic amines is 1. The van der Waals surface area contributed by atoms with Crippen LogP contribution in [-0.4, -0.2) is 78.5 Å². The number of rotatable bonds is 0. The lowest BCUT2D eigenvalue weighted by Gasteiger charge is -1.94. The first-order chi connectivity index (χ1) is 21.6. The number of halogens is 1. The minimum atomic E-state index is 0.404. The first kappa shape index (κ1) is 30.3. The third kappa shape index (κ3) is 6.17. The van der Waals surface area contributed by atoms with Crippen LogP contribution < -0.4 is 22.9 Å². The highest BCUT2D eigenvalue weighted by Crippen LogP contribution is 2.19. The van der Waals surface area contributed by atoms with Crippen molar-refractivity contribution in [2.75, 3.05) is 22.9 Å². The molecule has 21 heteroatoms. The lowest BCUT2D eigenvalue weighted by atomic mass is 10.5. The number of hydrogen-bond donors (Lipinski definition) is 5. The number of hydrogen-bond acceptors (Lipinski definition) is 16. The van der Waals surface area contributed by atoms with E-state index in [1.165, 1.54) is 31.6 Å². The van der Waals surface area contributed by atoms with Gasteiger partial charge in [-0.3, -0.25) is 0 Å². The topological polar surface area (TPSA) is 289 Å². The maximum Gasteiger partial charge on any atom is 0.182 e. The molecule has 20 nitrogen and oxygen atoms in total. The van der Waals surface area contributed by atoms with Gasteiger partial charge in [0.2, 0.25) is 0 Å². The van der Waals surface area contributed by atoms with E-state index in [0.29, 0.717) is 55.7 Å². The summed E-state index contributed by atoms with van der Waals surface area (Å²) in [6.45, 7) is 1.90. The van der Waals surface area contributed by atoms with Gasteiger partial charge in [0.1, 0.15) is 42.2 Å². The third-order valence-electron chi connectivity index (χ3n) is 6.32. The number of aromatic nitrogens is 16. The molecule has 8 heterocycles. The lowest BCUT2D eigenvalue weighted by molar-refractivity contribution is 0.873. The van der Waals surface area contributed by atoms with Gasteiger partial charge in [-0.25, -0.2) is 59.8 Å². The minimum absolute atomic E-state index is 0.404. The lowest BCUT2D eigenvalue weighted by Crippen LogP contribution is -1.95. The van der Waals surface area contributed by atoms with Crippen molar-refractivity contribution in [2.45, 2.75) is 6.92 Å². The summed E-state index contributed by atoms with van der Waals surface area (Å²) in [5, 5.41) is 0. The van der Waals surface area contributed by atoms with Gasteiger partial charge < -0.3 is 41.6 Å². The average Bonchev–Trinajstić information content (AvgIpc) is 3.80. The summed E-state index contributed by atoms with van der Waals surface area (Å²) in [4.78, 5) is 50.4. The molecule has 0 aliphatic rings. The fraction of sp³-hybridized carbons (Fsp3) is 0.167. The summed E-state index contributed by atoms with van der Waals surface area (Å²) in [5.41, 5.74) is 27.8. The molecule has 0 aliphatic heterocycles. The van der Waals surface area contributed by atoms with Crippen molar-refractivity contribution in [3.63, 3.8) is 0 Å². The highest BCUT2D eigenvalue weighted by Gasteiger charge is 2.09. The summed E-state index contributed by atoms with van der Waals surface area (Å²) in [7, 11) is 5.62. The second-order valence-corrected chi connectivity index (χ2v) is 9.88. The molecule has 0 spiro atoms. The quantitative estimate of drug-likeness (QED) is 0.139. The Bertz CT molecular complexity index is 2160. The highest BCUT2D eigenvalue weighted by molar-refractivity contribution is 9.10. The van der Waals surface area contributed by atoms with Gasteiger partial charge in [-0.1, -0.05) is 0 Å². The average molecular weight is 676 g/mol. The van der Waals surface area contributed by atoms with E-state index in [2.05, 4.69) is 80.7 Å². The van der Waals surface area contributed by atoms with E-state index in [-0.39, 0.29) is 0 Å². The third-order valence-corrected chi connectivity index (χ3v) is 7.02. The van der Waals surface area contributed by atoms with Crippen LogP contribution in [0.2, 0.25) is 0 Å². The maximum absolute atomic E-state index is 5.61. The zero-order chi connectivity index (χ0) is 32.2. The van der Waals surface area contributed by atoms with Crippen LogP contribution in [0.5, 0.6) is 0 Å². The van der Waals surface area contributed by atoms with Crippen molar-refractivity contribution in [1.29, 1.82) is 0 Å². The van der Waals surface area contributed by atoms with Gasteiger partial charge in [-0.15, -0.1) is 0 Å². The molecule has 0 unspecified atom stereocenters. The molecule has 0 radical (unpaired) electrons. The molecule has 0 atom stereocenters. The first-order valence-electron chi connectivity index (χ1n) is 12.8. The van der Waals surface area contributed by atoms with Crippen LogP contribution in [-0.2, 0) is 21.1 Å². The number of nitrogens with one attached hydrogen (secondary N) is 1. The summed E-state index contributed by atoms with van der Waals surface area (Å²) >= 11 is 3.27. The Balaban J connectivity index is 0.000000119. The van der Waals surface area contributed by atoms with Gasteiger partial charge in [0, 0.05) is 21.1 Å². The van der Waals surface area contributed by atoms with E-state index in [1.807, 2.05) is 32.6 Å². The van der Waals surface area contributed by atoms with Crippen LogP contribution in [0.3, 0.4) is 0 Å². The van der Waals surface area contributed by atoms with E-state index >= 15 is 0 Å². The molecule has 45 heavy (non-hydrogen) atoms. The molecule has 0 saturated carbocycles. The van der Waals surface area contributed by atoms with E-state index in [9.17, 15) is 0 Å². The standard InChI is InChI=1S/C7H9N5.C6H6BrN5.C6H7N5.C5H5N5/c1-4-11-5-6(8)9-3-10-7(5)12(4)2;1-12-5-3(11-6(12)7)4(8)9-2-10-5;1-11-3-10-4-5(7)8-2-9-6(4)11;6-4-3-5(9-1-7-3)10-2-8-4/h3H,1-2H3,(H2,8,9,10);2H,1H3,(H2,8,9,10);2-3H,1H3,(H2,7,8,9);1-2H,(H3,6,7,8,9,10). The Kier molecular flexibility index (Phi) is 8.51. The minimum Gasteiger partial charge on any atom is -0.382 e. The predicted octanol–water partition coefficient (Wildman–Crippen LogP) is 0.843. The molecule has 0 fully saturated rings. The molecular weight excluding hydrogens is 648 g/mol. The number of H-pyrrole nitrogens is 1. The maximum atomic E-state index is 5.61. The molecule has 8 rings (SSSR count). The molecule has 8 aromatic heterocycles. The normalized spacial score (nSPS) is 10.7. The summed E-state index contributed by atoms with van der Waals surface area (Å²) in [6, 6.07) is 0. The molecule has 0 aliphatic carbocycles. The molecule has 0 amide bonds. The monoisotopic (exact) mass is 674 g/mol. The zero-order valence-electron chi connectivity index (χ0n) is 24.4. The van der Waals surface area contributed by atoms with Crippen LogP contribution in [0.15, 0.2) is 42.7 Å². The number of nitrogens with two attached hydrogens (primary N) is 4. The van der Waals surface area contributed by atoms with E-state index in [0.717, 1.165) is 22.8 Å². The fourth-order valence-electron chi connectivity index (χ4n) is 3.86. The number of nitrogen functional groups attached to an aromatic ring is 4. The van der Waals surface area contributed by atoms with Gasteiger partial charge in [0.25, 0.3) is 0 Å². The van der Waals surface area contributed by atoms with Crippen molar-refractivity contribution in [1.82, 2.24) is 78.5 Å². The molecule has 0 bridgehead atoms.